The quantitative estimate of drug-likeness (QED) is 0.390. The zero-order valence-electron chi connectivity index (χ0n) is 17.0. The van der Waals surface area contributed by atoms with Gasteiger partial charge >= 0.3 is 0 Å². The van der Waals surface area contributed by atoms with Crippen LogP contribution in [0.5, 0.6) is 0 Å². The van der Waals surface area contributed by atoms with Crippen LogP contribution in [0.4, 0.5) is 0 Å². The van der Waals surface area contributed by atoms with Gasteiger partial charge in [0.15, 0.2) is 11.5 Å². The smallest absolute Gasteiger partial charge is 0.283 e. The third-order valence-electron chi connectivity index (χ3n) is 4.84. The molecule has 0 N–H and O–H groups in total. The summed E-state index contributed by atoms with van der Waals surface area (Å²) in [7, 11) is 1.84. The van der Waals surface area contributed by atoms with E-state index < -0.39 is 0 Å². The van der Waals surface area contributed by atoms with Gasteiger partial charge in [0.1, 0.15) is 0 Å². The van der Waals surface area contributed by atoms with E-state index in [-0.39, 0.29) is 5.56 Å². The summed E-state index contributed by atoms with van der Waals surface area (Å²) < 4.78 is 6.68. The number of para-hydroxylation sites is 1. The average molecular weight is 427 g/mol. The van der Waals surface area contributed by atoms with E-state index in [4.69, 9.17) is 0 Å². The number of hydrogen-bond donors (Lipinski definition) is 0. The van der Waals surface area contributed by atoms with Gasteiger partial charge in [0.2, 0.25) is 5.16 Å². The summed E-state index contributed by atoms with van der Waals surface area (Å²) in [6.45, 7) is 4.76. The highest BCUT2D eigenvalue weighted by Crippen LogP contribution is 2.22. The zero-order valence-corrected chi connectivity index (χ0v) is 17.8. The number of benzene rings is 1. The van der Waals surface area contributed by atoms with Crippen LogP contribution in [0, 0.1) is 6.92 Å². The van der Waals surface area contributed by atoms with E-state index in [9.17, 15) is 4.79 Å². The molecule has 11 nitrogen and oxygen atoms in total. The van der Waals surface area contributed by atoms with Crippen molar-refractivity contribution >= 4 is 11.8 Å². The topological polar surface area (TPSA) is 114 Å². The summed E-state index contributed by atoms with van der Waals surface area (Å²) in [5.41, 5.74) is 1.75. The van der Waals surface area contributed by atoms with Gasteiger partial charge in [-0.15, -0.1) is 10.2 Å². The molecule has 156 valence electrons. The lowest BCUT2D eigenvalue weighted by atomic mass is 10.3. The molecule has 0 aliphatic heterocycles. The lowest BCUT2D eigenvalue weighted by Crippen LogP contribution is -2.22. The Morgan fingerprint density at radius 3 is 2.60 bits per heavy atom. The van der Waals surface area contributed by atoms with E-state index in [0.29, 0.717) is 16.6 Å². The van der Waals surface area contributed by atoms with Crippen LogP contribution < -0.4 is 5.56 Å². The Hall–Kier alpha value is -3.28. The molecule has 12 heteroatoms. The van der Waals surface area contributed by atoms with Crippen LogP contribution in [0.15, 0.2) is 40.3 Å². The van der Waals surface area contributed by atoms with Crippen molar-refractivity contribution < 1.29 is 0 Å². The van der Waals surface area contributed by atoms with Crippen LogP contribution >= 0.6 is 11.8 Å². The minimum Gasteiger partial charge on any atom is -0.283 e. The SMILES string of the molecule is CCCCn1nnnc1CSc1nnnn1-c1c(C)n(C)n(-c2ccccc2)c1=O. The minimum absolute atomic E-state index is 0.192. The molecule has 0 amide bonds. The maximum Gasteiger partial charge on any atom is 0.297 e. The summed E-state index contributed by atoms with van der Waals surface area (Å²) in [5, 5.41) is 24.4. The number of tetrazole rings is 2. The first-order valence-electron chi connectivity index (χ1n) is 9.62. The Morgan fingerprint density at radius 2 is 1.83 bits per heavy atom. The normalized spacial score (nSPS) is 11.3. The number of rotatable bonds is 8. The fourth-order valence-electron chi connectivity index (χ4n) is 3.14. The summed E-state index contributed by atoms with van der Waals surface area (Å²) in [6, 6.07) is 9.47. The second-order valence-corrected chi connectivity index (χ2v) is 7.69. The van der Waals surface area contributed by atoms with Crippen LogP contribution in [0.3, 0.4) is 0 Å². The van der Waals surface area contributed by atoms with Crippen LogP contribution in [0.25, 0.3) is 11.4 Å². The Labute approximate surface area is 176 Å². The van der Waals surface area contributed by atoms with Crippen LogP contribution in [-0.4, -0.2) is 49.8 Å². The van der Waals surface area contributed by atoms with Crippen molar-refractivity contribution in [2.24, 2.45) is 7.05 Å². The Balaban J connectivity index is 1.64. The van der Waals surface area contributed by atoms with E-state index in [2.05, 4.69) is 38.0 Å². The molecular weight excluding hydrogens is 404 g/mol. The van der Waals surface area contributed by atoms with E-state index in [0.717, 1.165) is 36.6 Å². The predicted octanol–water partition coefficient (Wildman–Crippen LogP) is 1.54. The molecule has 4 aromatic rings. The first-order valence-corrected chi connectivity index (χ1v) is 10.6. The maximum absolute atomic E-state index is 13.2. The second kappa shape index (κ2) is 8.61. The molecule has 0 saturated carbocycles. The molecule has 0 radical (unpaired) electrons. The second-order valence-electron chi connectivity index (χ2n) is 6.74. The fourth-order valence-corrected chi connectivity index (χ4v) is 3.95. The number of nitrogens with zero attached hydrogens (tertiary/aromatic N) is 10. The molecule has 1 aromatic carbocycles. The minimum atomic E-state index is -0.192. The van der Waals surface area contributed by atoms with Crippen molar-refractivity contribution in [3.63, 3.8) is 0 Å². The Kier molecular flexibility index (Phi) is 5.74. The van der Waals surface area contributed by atoms with Crippen LogP contribution in [0.2, 0.25) is 0 Å². The number of unbranched alkanes of at least 4 members (excludes halogenated alkanes) is 1. The molecule has 3 heterocycles. The largest absolute Gasteiger partial charge is 0.297 e. The Morgan fingerprint density at radius 1 is 1.07 bits per heavy atom. The van der Waals surface area contributed by atoms with Crippen molar-refractivity contribution in [1.82, 2.24) is 49.8 Å². The van der Waals surface area contributed by atoms with Crippen molar-refractivity contribution in [2.45, 2.75) is 44.1 Å². The van der Waals surface area contributed by atoms with Crippen molar-refractivity contribution in [3.05, 3.63) is 52.2 Å². The van der Waals surface area contributed by atoms with Crippen LogP contribution in [0.1, 0.15) is 31.3 Å². The molecule has 0 bridgehead atoms. The highest BCUT2D eigenvalue weighted by molar-refractivity contribution is 7.98. The molecule has 30 heavy (non-hydrogen) atoms. The average Bonchev–Trinajstić information content (AvgIpc) is 3.45. The zero-order chi connectivity index (χ0) is 21.1. The third kappa shape index (κ3) is 3.65. The molecule has 0 aliphatic carbocycles. The van der Waals surface area contributed by atoms with Gasteiger partial charge in [0.25, 0.3) is 5.56 Å². The number of aromatic nitrogens is 10. The first-order chi connectivity index (χ1) is 14.6. The van der Waals surface area contributed by atoms with Gasteiger partial charge in [-0.25, -0.2) is 9.36 Å². The summed E-state index contributed by atoms with van der Waals surface area (Å²) >= 11 is 1.39. The summed E-state index contributed by atoms with van der Waals surface area (Å²) in [4.78, 5) is 13.2. The monoisotopic (exact) mass is 426 g/mol. The molecule has 4 rings (SSSR count). The van der Waals surface area contributed by atoms with Gasteiger partial charge in [-0.05, 0) is 46.3 Å². The van der Waals surface area contributed by atoms with Crippen molar-refractivity contribution in [2.75, 3.05) is 0 Å². The van der Waals surface area contributed by atoms with Crippen molar-refractivity contribution in [3.8, 4) is 11.4 Å². The first kappa shape index (κ1) is 20.0. The highest BCUT2D eigenvalue weighted by atomic mass is 32.2. The number of hydrogen-bond acceptors (Lipinski definition) is 8. The molecule has 0 unspecified atom stereocenters. The fraction of sp³-hybridized carbons (Fsp3) is 0.389. The maximum atomic E-state index is 13.2. The molecule has 0 aliphatic rings. The molecular formula is C18H22N10OS. The standard InChI is InChI=1S/C18H22N10OS/c1-4-5-11-26-15(19-21-23-26)12-30-18-20-22-24-27(18)16-13(2)25(3)28(17(16)29)14-9-7-6-8-10-14/h6-10H,4-5,11-12H2,1-3H3. The molecule has 0 saturated heterocycles. The highest BCUT2D eigenvalue weighted by Gasteiger charge is 2.22. The van der Waals surface area contributed by atoms with Gasteiger partial charge in [-0.2, -0.15) is 4.68 Å². The lowest BCUT2D eigenvalue weighted by Gasteiger charge is -2.07. The van der Waals surface area contributed by atoms with E-state index in [1.807, 2.05) is 44.3 Å². The van der Waals surface area contributed by atoms with Gasteiger partial charge in [0.05, 0.1) is 17.1 Å². The molecule has 0 spiro atoms. The van der Waals surface area contributed by atoms with Gasteiger partial charge < -0.3 is 0 Å². The number of aryl methyl sites for hydroxylation is 1. The van der Waals surface area contributed by atoms with Gasteiger partial charge in [0, 0.05) is 13.6 Å². The molecule has 0 fully saturated rings. The lowest BCUT2D eigenvalue weighted by molar-refractivity contribution is 0.540. The van der Waals surface area contributed by atoms with E-state index in [1.54, 1.807) is 14.0 Å². The van der Waals surface area contributed by atoms with Crippen LogP contribution in [-0.2, 0) is 19.3 Å². The summed E-state index contributed by atoms with van der Waals surface area (Å²) in [6.07, 6.45) is 2.06. The summed E-state index contributed by atoms with van der Waals surface area (Å²) in [5.74, 6) is 1.24. The molecule has 3 aromatic heterocycles. The predicted molar refractivity (Wildman–Crippen MR) is 111 cm³/mol. The van der Waals surface area contributed by atoms with E-state index in [1.165, 1.54) is 16.4 Å². The Bertz CT molecular complexity index is 1190. The van der Waals surface area contributed by atoms with Gasteiger partial charge in [-0.3, -0.25) is 9.48 Å². The van der Waals surface area contributed by atoms with E-state index >= 15 is 0 Å². The van der Waals surface area contributed by atoms with Crippen molar-refractivity contribution in [1.29, 1.82) is 0 Å². The molecule has 0 atom stereocenters. The number of thioether (sulfide) groups is 1. The van der Waals surface area contributed by atoms with Gasteiger partial charge in [-0.1, -0.05) is 43.3 Å². The third-order valence-corrected chi connectivity index (χ3v) is 5.75.